The van der Waals surface area contributed by atoms with Crippen molar-refractivity contribution in [2.45, 2.75) is 13.8 Å². The second-order valence-electron chi connectivity index (χ2n) is 9.46. The van der Waals surface area contributed by atoms with Crippen molar-refractivity contribution in [3.8, 4) is 11.5 Å². The van der Waals surface area contributed by atoms with Crippen LogP contribution >= 0.6 is 0 Å². The molecule has 2 aliphatic rings. The average molecular weight is 533 g/mol. The molecule has 0 radical (unpaired) electrons. The number of morpholine rings is 2. The summed E-state index contributed by atoms with van der Waals surface area (Å²) in [5.74, 6) is 3.74. The minimum Gasteiger partial charge on any atom is -0.490 e. The lowest BCUT2D eigenvalue weighted by Gasteiger charge is -2.31. The van der Waals surface area contributed by atoms with E-state index in [-0.39, 0.29) is 0 Å². The van der Waals surface area contributed by atoms with Gasteiger partial charge in [0.15, 0.2) is 5.82 Å². The van der Waals surface area contributed by atoms with Crippen molar-refractivity contribution < 1.29 is 18.9 Å². The number of anilines is 3. The maximum Gasteiger partial charge on any atom is 0.229 e. The van der Waals surface area contributed by atoms with Crippen LogP contribution in [0.4, 0.5) is 17.6 Å². The number of hydrazone groups is 1. The predicted molar refractivity (Wildman–Crippen MR) is 153 cm³/mol. The number of nitrogens with one attached hydrogen (secondary N) is 1. The number of benzene rings is 2. The fraction of sp³-hybridized carbons (Fsp3) is 0.414. The highest BCUT2D eigenvalue weighted by Gasteiger charge is 2.19. The van der Waals surface area contributed by atoms with Crippen LogP contribution in [-0.4, -0.2) is 82.0 Å². The molecule has 3 heterocycles. The third-order valence-corrected chi connectivity index (χ3v) is 6.72. The van der Waals surface area contributed by atoms with E-state index in [1.807, 2.05) is 42.5 Å². The lowest BCUT2D eigenvalue weighted by Crippen LogP contribution is -2.39. The van der Waals surface area contributed by atoms with Gasteiger partial charge in [-0.15, -0.1) is 0 Å². The average Bonchev–Trinajstić information content (AvgIpc) is 2.98. The van der Waals surface area contributed by atoms with Crippen LogP contribution in [0, 0.1) is 13.8 Å². The molecular weight excluding hydrogens is 496 g/mol. The monoisotopic (exact) mass is 532 g/mol. The van der Waals surface area contributed by atoms with E-state index >= 15 is 0 Å². The summed E-state index contributed by atoms with van der Waals surface area (Å²) in [6.45, 7) is 10.8. The number of aryl methyl sites for hydroxylation is 2. The van der Waals surface area contributed by atoms with E-state index in [0.717, 1.165) is 49.1 Å². The van der Waals surface area contributed by atoms with Crippen LogP contribution in [0.3, 0.4) is 0 Å². The number of hydrogen-bond donors (Lipinski definition) is 1. The Morgan fingerprint density at radius 1 is 0.846 bits per heavy atom. The molecule has 0 saturated carbocycles. The number of rotatable bonds is 10. The molecule has 2 aromatic carbocycles. The number of nitrogens with zero attached hydrogens (tertiary/aromatic N) is 5. The zero-order valence-electron chi connectivity index (χ0n) is 22.6. The quantitative estimate of drug-likeness (QED) is 0.238. The van der Waals surface area contributed by atoms with Gasteiger partial charge in [-0.3, -0.25) is 5.43 Å². The van der Waals surface area contributed by atoms with Crippen molar-refractivity contribution in [1.29, 1.82) is 0 Å². The second kappa shape index (κ2) is 13.3. The Bertz CT molecular complexity index is 1220. The van der Waals surface area contributed by atoms with Gasteiger partial charge in [0, 0.05) is 37.8 Å². The lowest BCUT2D eigenvalue weighted by molar-refractivity contribution is 0.121. The molecule has 0 atom stereocenters. The first-order valence-corrected chi connectivity index (χ1v) is 13.4. The molecule has 0 bridgehead atoms. The van der Waals surface area contributed by atoms with Crippen LogP contribution in [0.2, 0.25) is 0 Å². The van der Waals surface area contributed by atoms with Crippen LogP contribution in [-0.2, 0) is 9.47 Å². The highest BCUT2D eigenvalue weighted by molar-refractivity contribution is 5.84. The van der Waals surface area contributed by atoms with E-state index in [1.165, 1.54) is 11.1 Å². The van der Waals surface area contributed by atoms with E-state index in [0.29, 0.717) is 51.4 Å². The third-order valence-electron chi connectivity index (χ3n) is 6.72. The summed E-state index contributed by atoms with van der Waals surface area (Å²) >= 11 is 0. The normalized spacial score (nSPS) is 15.9. The SMILES string of the molecule is Cc1ccc(OCCOc2ccccc2/C=N\Nc2cc(N3CCOCC3)nc(N3CCOCC3)n2)cc1C. The van der Waals surface area contributed by atoms with E-state index < -0.39 is 0 Å². The fourth-order valence-electron chi connectivity index (χ4n) is 4.34. The highest BCUT2D eigenvalue weighted by atomic mass is 16.5. The molecule has 2 fully saturated rings. The molecule has 206 valence electrons. The number of ether oxygens (including phenoxy) is 4. The van der Waals surface area contributed by atoms with Crippen molar-refractivity contribution in [2.24, 2.45) is 5.10 Å². The number of para-hydroxylation sites is 1. The van der Waals surface area contributed by atoms with E-state index in [9.17, 15) is 0 Å². The smallest absolute Gasteiger partial charge is 0.229 e. The Balaban J connectivity index is 1.23. The Hall–Kier alpha value is -3.89. The largest absolute Gasteiger partial charge is 0.490 e. The van der Waals surface area contributed by atoms with Gasteiger partial charge in [-0.05, 0) is 49.2 Å². The van der Waals surface area contributed by atoms with E-state index in [2.05, 4.69) is 40.2 Å². The zero-order chi connectivity index (χ0) is 26.9. The molecule has 39 heavy (non-hydrogen) atoms. The van der Waals surface area contributed by atoms with Gasteiger partial charge in [0.2, 0.25) is 5.95 Å². The van der Waals surface area contributed by atoms with Gasteiger partial charge >= 0.3 is 0 Å². The summed E-state index contributed by atoms with van der Waals surface area (Å²) in [7, 11) is 0. The topological polar surface area (TPSA) is 93.6 Å². The lowest BCUT2D eigenvalue weighted by atomic mass is 10.1. The van der Waals surface area contributed by atoms with Gasteiger partial charge in [0.25, 0.3) is 0 Å². The van der Waals surface area contributed by atoms with Crippen LogP contribution in [0.5, 0.6) is 11.5 Å². The second-order valence-corrected chi connectivity index (χ2v) is 9.46. The van der Waals surface area contributed by atoms with Crippen molar-refractivity contribution in [3.05, 3.63) is 65.2 Å². The van der Waals surface area contributed by atoms with Gasteiger partial charge in [-0.25, -0.2) is 0 Å². The Kier molecular flexibility index (Phi) is 9.08. The van der Waals surface area contributed by atoms with Crippen molar-refractivity contribution in [2.75, 3.05) is 81.0 Å². The van der Waals surface area contributed by atoms with Gasteiger partial charge in [0.05, 0.1) is 32.6 Å². The first-order valence-electron chi connectivity index (χ1n) is 13.4. The maximum absolute atomic E-state index is 6.01. The van der Waals surface area contributed by atoms with Crippen molar-refractivity contribution in [1.82, 2.24) is 9.97 Å². The Morgan fingerprint density at radius 3 is 2.33 bits per heavy atom. The van der Waals surface area contributed by atoms with Crippen LogP contribution in [0.1, 0.15) is 16.7 Å². The molecular formula is C29H36N6O4. The van der Waals surface area contributed by atoms with Crippen LogP contribution in [0.15, 0.2) is 53.6 Å². The molecule has 10 nitrogen and oxygen atoms in total. The number of aromatic nitrogens is 2. The summed E-state index contributed by atoms with van der Waals surface area (Å²) in [6.07, 6.45) is 1.74. The first kappa shape index (κ1) is 26.7. The van der Waals surface area contributed by atoms with Gasteiger partial charge in [0.1, 0.15) is 30.5 Å². The summed E-state index contributed by atoms with van der Waals surface area (Å²) in [5.41, 5.74) is 6.41. The molecule has 5 rings (SSSR count). The molecule has 2 aliphatic heterocycles. The maximum atomic E-state index is 6.01. The standard InChI is InChI=1S/C29H36N6O4/c1-22-7-8-25(19-23(22)2)38-17-18-39-26-6-4-3-5-24(26)21-30-33-27-20-28(34-9-13-36-14-10-34)32-29(31-27)35-11-15-37-16-12-35/h3-8,19-21H,9-18H2,1-2H3,(H,31,32,33)/b30-21-. The minimum absolute atomic E-state index is 0.420. The Labute approximate surface area is 229 Å². The third kappa shape index (κ3) is 7.36. The first-order chi connectivity index (χ1) is 19.2. The fourth-order valence-corrected chi connectivity index (χ4v) is 4.34. The summed E-state index contributed by atoms with van der Waals surface area (Å²) in [5, 5.41) is 4.48. The highest BCUT2D eigenvalue weighted by Crippen LogP contribution is 2.23. The summed E-state index contributed by atoms with van der Waals surface area (Å²) < 4.78 is 22.9. The zero-order valence-corrected chi connectivity index (χ0v) is 22.6. The van der Waals surface area contributed by atoms with Crippen molar-refractivity contribution in [3.63, 3.8) is 0 Å². The molecule has 1 N–H and O–H groups in total. The predicted octanol–water partition coefficient (Wildman–Crippen LogP) is 3.67. The summed E-state index contributed by atoms with van der Waals surface area (Å²) in [4.78, 5) is 13.9. The number of hydrogen-bond acceptors (Lipinski definition) is 10. The molecule has 0 spiro atoms. The molecule has 10 heteroatoms. The molecule has 1 aromatic heterocycles. The van der Waals surface area contributed by atoms with Gasteiger partial charge < -0.3 is 28.7 Å². The molecule has 0 unspecified atom stereocenters. The molecule has 0 amide bonds. The molecule has 3 aromatic rings. The van der Waals surface area contributed by atoms with E-state index in [1.54, 1.807) is 6.21 Å². The van der Waals surface area contributed by atoms with Crippen LogP contribution < -0.4 is 24.7 Å². The minimum atomic E-state index is 0.420. The van der Waals surface area contributed by atoms with Gasteiger partial charge in [-0.1, -0.05) is 18.2 Å². The summed E-state index contributed by atoms with van der Waals surface area (Å²) in [6, 6.07) is 15.8. The van der Waals surface area contributed by atoms with Crippen LogP contribution in [0.25, 0.3) is 0 Å². The Morgan fingerprint density at radius 2 is 1.56 bits per heavy atom. The van der Waals surface area contributed by atoms with Gasteiger partial charge in [-0.2, -0.15) is 15.1 Å². The van der Waals surface area contributed by atoms with E-state index in [4.69, 9.17) is 28.9 Å². The van der Waals surface area contributed by atoms with Crippen molar-refractivity contribution >= 4 is 23.8 Å². The molecule has 0 aliphatic carbocycles. The molecule has 2 saturated heterocycles.